The van der Waals surface area contributed by atoms with Crippen LogP contribution < -0.4 is 5.56 Å². The van der Waals surface area contributed by atoms with E-state index in [1.54, 1.807) is 28.2 Å². The number of hydrogen-bond acceptors (Lipinski definition) is 6. The van der Waals surface area contributed by atoms with Crippen LogP contribution in [0, 0.1) is 6.92 Å². The van der Waals surface area contributed by atoms with E-state index in [0.717, 1.165) is 37.1 Å². The van der Waals surface area contributed by atoms with Gasteiger partial charge in [-0.3, -0.25) is 9.48 Å². The van der Waals surface area contributed by atoms with Crippen LogP contribution in [0.25, 0.3) is 11.4 Å². The lowest BCUT2D eigenvalue weighted by atomic mass is 9.97. The summed E-state index contributed by atoms with van der Waals surface area (Å²) in [5.74, 6) is 0. The van der Waals surface area contributed by atoms with Crippen LogP contribution in [0.4, 0.5) is 0 Å². The van der Waals surface area contributed by atoms with Gasteiger partial charge in [-0.25, -0.2) is 4.68 Å². The highest BCUT2D eigenvalue weighted by atomic mass is 32.2. The van der Waals surface area contributed by atoms with Crippen molar-refractivity contribution in [3.8, 4) is 11.4 Å². The maximum Gasteiger partial charge on any atom is 0.297 e. The molecular formula is C19H24N6O2S. The molecule has 8 nitrogen and oxygen atoms in total. The Balaban J connectivity index is 1.70. The highest BCUT2D eigenvalue weighted by molar-refractivity contribution is 7.99. The van der Waals surface area contributed by atoms with E-state index in [9.17, 15) is 4.79 Å². The van der Waals surface area contributed by atoms with Gasteiger partial charge in [0.25, 0.3) is 5.56 Å². The average molecular weight is 401 g/mol. The van der Waals surface area contributed by atoms with E-state index in [4.69, 9.17) is 4.74 Å². The third-order valence-electron chi connectivity index (χ3n) is 5.36. The van der Waals surface area contributed by atoms with Crippen molar-refractivity contribution in [3.05, 3.63) is 46.4 Å². The van der Waals surface area contributed by atoms with E-state index >= 15 is 0 Å². The largest absolute Gasteiger partial charge is 0.381 e. The number of nitrogens with zero attached hydrogens (tertiary/aromatic N) is 6. The molecule has 0 bridgehead atoms. The van der Waals surface area contributed by atoms with Crippen LogP contribution in [0.3, 0.4) is 0 Å². The topological polar surface area (TPSA) is 79.8 Å². The number of aromatic nitrogens is 6. The summed E-state index contributed by atoms with van der Waals surface area (Å²) in [5, 5.41) is 13.2. The number of para-hydroxylation sites is 1. The molecule has 1 aromatic carbocycles. The van der Waals surface area contributed by atoms with Crippen LogP contribution in [-0.4, -0.2) is 48.0 Å². The Hall–Kier alpha value is -2.39. The molecule has 9 heteroatoms. The molecule has 2 atom stereocenters. The lowest BCUT2D eigenvalue weighted by Crippen LogP contribution is -2.24. The van der Waals surface area contributed by atoms with Crippen molar-refractivity contribution in [2.75, 3.05) is 7.11 Å². The van der Waals surface area contributed by atoms with Crippen molar-refractivity contribution in [1.82, 2.24) is 29.6 Å². The predicted molar refractivity (Wildman–Crippen MR) is 107 cm³/mol. The van der Waals surface area contributed by atoms with E-state index in [0.29, 0.717) is 16.1 Å². The molecule has 1 saturated carbocycles. The van der Waals surface area contributed by atoms with Gasteiger partial charge in [-0.05, 0) is 55.2 Å². The SMILES string of the molecule is COC1CCCC(Sc2nnnn2-c2c(C)n(C)n(-c3ccccc3)c2=O)C1. The van der Waals surface area contributed by atoms with Gasteiger partial charge >= 0.3 is 0 Å². The minimum Gasteiger partial charge on any atom is -0.381 e. The molecule has 0 aliphatic heterocycles. The molecule has 0 amide bonds. The van der Waals surface area contributed by atoms with Gasteiger partial charge in [0, 0.05) is 19.4 Å². The molecule has 1 aliphatic rings. The quantitative estimate of drug-likeness (QED) is 0.655. The third-order valence-corrected chi connectivity index (χ3v) is 6.59. The van der Waals surface area contributed by atoms with Crippen LogP contribution in [0.1, 0.15) is 31.4 Å². The fourth-order valence-corrected chi connectivity index (χ4v) is 4.97. The van der Waals surface area contributed by atoms with Crippen LogP contribution in [-0.2, 0) is 11.8 Å². The summed E-state index contributed by atoms with van der Waals surface area (Å²) in [6.45, 7) is 1.91. The number of hydrogen-bond donors (Lipinski definition) is 0. The number of thioether (sulfide) groups is 1. The Kier molecular flexibility index (Phi) is 5.36. The molecule has 4 rings (SSSR count). The Bertz CT molecular complexity index is 1010. The summed E-state index contributed by atoms with van der Waals surface area (Å²) in [5.41, 5.74) is 1.96. The minimum atomic E-state index is -0.140. The van der Waals surface area contributed by atoms with Crippen LogP contribution in [0.2, 0.25) is 0 Å². The molecule has 2 unspecified atom stereocenters. The van der Waals surface area contributed by atoms with Gasteiger partial charge in [0.1, 0.15) is 0 Å². The standard InChI is InChI=1S/C19H24N6O2S/c1-13-17(18(26)25(23(13)2)14-8-5-4-6-9-14)24-19(20-21-22-24)28-16-11-7-10-15(12-16)27-3/h4-6,8-9,15-16H,7,10-12H2,1-3H3. The smallest absolute Gasteiger partial charge is 0.297 e. The van der Waals surface area contributed by atoms with Crippen LogP contribution in [0.15, 0.2) is 40.3 Å². The van der Waals surface area contributed by atoms with Gasteiger partial charge < -0.3 is 4.74 Å². The molecular weight excluding hydrogens is 376 g/mol. The van der Waals surface area contributed by atoms with Crippen molar-refractivity contribution >= 4 is 11.8 Å². The number of tetrazole rings is 1. The minimum absolute atomic E-state index is 0.140. The molecule has 0 saturated heterocycles. The van der Waals surface area contributed by atoms with Gasteiger partial charge in [0.05, 0.1) is 17.5 Å². The van der Waals surface area contributed by atoms with E-state index in [2.05, 4.69) is 15.5 Å². The summed E-state index contributed by atoms with van der Waals surface area (Å²) in [6, 6.07) is 9.58. The van der Waals surface area contributed by atoms with Crippen molar-refractivity contribution in [3.63, 3.8) is 0 Å². The summed E-state index contributed by atoms with van der Waals surface area (Å²) >= 11 is 1.63. The Morgan fingerprint density at radius 3 is 2.75 bits per heavy atom. The summed E-state index contributed by atoms with van der Waals surface area (Å²) in [4.78, 5) is 13.2. The third kappa shape index (κ3) is 3.40. The van der Waals surface area contributed by atoms with Crippen molar-refractivity contribution < 1.29 is 4.74 Å². The molecule has 1 fully saturated rings. The highest BCUT2D eigenvalue weighted by Crippen LogP contribution is 2.34. The molecule has 1 aliphatic carbocycles. The van der Waals surface area contributed by atoms with E-state index < -0.39 is 0 Å². The number of ether oxygens (including phenoxy) is 1. The van der Waals surface area contributed by atoms with E-state index in [-0.39, 0.29) is 11.7 Å². The van der Waals surface area contributed by atoms with Crippen LogP contribution >= 0.6 is 11.8 Å². The molecule has 2 aromatic heterocycles. The zero-order chi connectivity index (χ0) is 19.7. The molecule has 148 valence electrons. The fourth-order valence-electron chi connectivity index (χ4n) is 3.76. The van der Waals surface area contributed by atoms with Gasteiger partial charge in [-0.15, -0.1) is 5.10 Å². The normalized spacial score (nSPS) is 19.8. The Morgan fingerprint density at radius 2 is 2.00 bits per heavy atom. The molecule has 0 radical (unpaired) electrons. The second-order valence-corrected chi connectivity index (χ2v) is 8.32. The van der Waals surface area contributed by atoms with Crippen molar-refractivity contribution in [2.24, 2.45) is 7.05 Å². The summed E-state index contributed by atoms with van der Waals surface area (Å²) in [7, 11) is 3.63. The number of methoxy groups -OCH3 is 1. The Morgan fingerprint density at radius 1 is 1.21 bits per heavy atom. The monoisotopic (exact) mass is 400 g/mol. The summed E-state index contributed by atoms with van der Waals surface area (Å²) in [6.07, 6.45) is 4.57. The highest BCUT2D eigenvalue weighted by Gasteiger charge is 2.27. The molecule has 28 heavy (non-hydrogen) atoms. The maximum atomic E-state index is 13.2. The number of rotatable bonds is 5. The second kappa shape index (κ2) is 7.92. The zero-order valence-corrected chi connectivity index (χ0v) is 17.1. The number of benzene rings is 1. The first-order chi connectivity index (χ1) is 13.6. The maximum absolute atomic E-state index is 13.2. The van der Waals surface area contributed by atoms with E-state index in [1.807, 2.05) is 49.0 Å². The zero-order valence-electron chi connectivity index (χ0n) is 16.3. The van der Waals surface area contributed by atoms with E-state index in [1.165, 1.54) is 0 Å². The molecule has 0 spiro atoms. The fraction of sp³-hybridized carbons (Fsp3) is 0.474. The lowest BCUT2D eigenvalue weighted by molar-refractivity contribution is 0.0730. The Labute approximate surface area is 167 Å². The first-order valence-corrected chi connectivity index (χ1v) is 10.3. The average Bonchev–Trinajstić information content (AvgIpc) is 3.24. The first-order valence-electron chi connectivity index (χ1n) is 9.42. The van der Waals surface area contributed by atoms with Gasteiger partial charge in [0.2, 0.25) is 5.16 Å². The van der Waals surface area contributed by atoms with Crippen LogP contribution in [0.5, 0.6) is 0 Å². The van der Waals surface area contributed by atoms with Gasteiger partial charge in [-0.2, -0.15) is 4.68 Å². The molecule has 2 heterocycles. The van der Waals surface area contributed by atoms with Gasteiger partial charge in [0.15, 0.2) is 5.69 Å². The predicted octanol–water partition coefficient (Wildman–Crippen LogP) is 2.51. The summed E-state index contributed by atoms with van der Waals surface area (Å²) < 4.78 is 10.6. The molecule has 3 aromatic rings. The first kappa shape index (κ1) is 18.9. The van der Waals surface area contributed by atoms with Gasteiger partial charge in [-0.1, -0.05) is 30.0 Å². The van der Waals surface area contributed by atoms with Crippen molar-refractivity contribution in [2.45, 2.75) is 49.1 Å². The lowest BCUT2D eigenvalue weighted by Gasteiger charge is -2.27. The molecule has 0 N–H and O–H groups in total. The second-order valence-electron chi connectivity index (χ2n) is 7.05. The van der Waals surface area contributed by atoms with Crippen molar-refractivity contribution in [1.29, 1.82) is 0 Å².